The number of ether oxygens (including phenoxy) is 1. The molecule has 4 aromatic rings. The molecule has 0 amide bonds. The van der Waals surface area contributed by atoms with Gasteiger partial charge in [-0.15, -0.1) is 0 Å². The molecule has 4 rings (SSSR count). The Morgan fingerprint density at radius 1 is 1.04 bits per heavy atom. The van der Waals surface area contributed by atoms with Crippen molar-refractivity contribution >= 4 is 21.9 Å². The highest BCUT2D eigenvalue weighted by molar-refractivity contribution is 6.02. The van der Waals surface area contributed by atoms with Crippen LogP contribution in [0.1, 0.15) is 11.3 Å². The van der Waals surface area contributed by atoms with Crippen LogP contribution in [0, 0.1) is 0 Å². The van der Waals surface area contributed by atoms with E-state index in [9.17, 15) is 0 Å². The number of aromatic amines is 1. The third-order valence-electron chi connectivity index (χ3n) is 3.84. The Bertz CT molecular complexity index is 933. The van der Waals surface area contributed by atoms with Crippen LogP contribution >= 0.6 is 0 Å². The van der Waals surface area contributed by atoms with Crippen molar-refractivity contribution in [1.29, 1.82) is 0 Å². The quantitative estimate of drug-likeness (QED) is 0.575. The summed E-state index contributed by atoms with van der Waals surface area (Å²) < 4.78 is 5.76. The third-order valence-corrected chi connectivity index (χ3v) is 3.84. The lowest BCUT2D eigenvalue weighted by Gasteiger charge is -2.07. The molecule has 1 aromatic carbocycles. The fourth-order valence-electron chi connectivity index (χ4n) is 2.71. The molecule has 0 saturated carbocycles. The van der Waals surface area contributed by atoms with Crippen molar-refractivity contribution in [2.24, 2.45) is 0 Å². The first kappa shape index (κ1) is 13.8. The molecular weight excluding hydrogens is 288 g/mol. The van der Waals surface area contributed by atoms with Gasteiger partial charge in [-0.3, -0.25) is 9.97 Å². The van der Waals surface area contributed by atoms with E-state index >= 15 is 0 Å². The summed E-state index contributed by atoms with van der Waals surface area (Å²) in [6.45, 7) is 1.20. The molecule has 0 aliphatic heterocycles. The summed E-state index contributed by atoms with van der Waals surface area (Å²) in [5, 5.41) is 1.07. The van der Waals surface area contributed by atoms with Gasteiger partial charge in [-0.05, 0) is 23.8 Å². The maximum Gasteiger partial charge on any atom is 0.0995 e. The molecule has 5 heteroatoms. The molecule has 0 atom stereocenters. The van der Waals surface area contributed by atoms with Crippen molar-refractivity contribution in [1.82, 2.24) is 19.9 Å². The molecule has 0 spiro atoms. The molecule has 3 aromatic heterocycles. The average Bonchev–Trinajstić information content (AvgIpc) is 3.10. The monoisotopic (exact) mass is 304 g/mol. The molecule has 0 saturated heterocycles. The predicted octanol–water partition coefficient (Wildman–Crippen LogP) is 3.27. The number of benzene rings is 1. The molecule has 114 valence electrons. The Kier molecular flexibility index (Phi) is 3.70. The normalized spacial score (nSPS) is 11.3. The van der Waals surface area contributed by atoms with Crippen LogP contribution in [0.15, 0.2) is 55.1 Å². The lowest BCUT2D eigenvalue weighted by atomic mass is 10.1. The van der Waals surface area contributed by atoms with Crippen LogP contribution in [0.4, 0.5) is 0 Å². The number of nitrogens with zero attached hydrogens (tertiary/aromatic N) is 3. The number of H-pyrrole nitrogens is 1. The van der Waals surface area contributed by atoms with E-state index in [2.05, 4.69) is 21.0 Å². The lowest BCUT2D eigenvalue weighted by molar-refractivity contribution is 0.123. The van der Waals surface area contributed by atoms with Gasteiger partial charge in [0, 0.05) is 24.2 Å². The van der Waals surface area contributed by atoms with E-state index in [-0.39, 0.29) is 0 Å². The van der Waals surface area contributed by atoms with Gasteiger partial charge in [0.1, 0.15) is 0 Å². The molecule has 23 heavy (non-hydrogen) atoms. The number of para-hydroxylation sites is 1. The largest absolute Gasteiger partial charge is 0.376 e. The van der Waals surface area contributed by atoms with E-state index in [0.717, 1.165) is 39.6 Å². The Labute approximate surface area is 133 Å². The maximum absolute atomic E-state index is 5.76. The average molecular weight is 304 g/mol. The van der Waals surface area contributed by atoms with Crippen molar-refractivity contribution in [3.8, 4) is 0 Å². The third kappa shape index (κ3) is 2.78. The summed E-state index contributed by atoms with van der Waals surface area (Å²) in [5.41, 5.74) is 5.05. The number of hydrogen-bond donors (Lipinski definition) is 1. The smallest absolute Gasteiger partial charge is 0.0995 e. The fraction of sp³-hybridized carbons (Fsp3) is 0.167. The fourth-order valence-corrected chi connectivity index (χ4v) is 2.71. The number of hydrogen-bond acceptors (Lipinski definition) is 4. The van der Waals surface area contributed by atoms with Crippen LogP contribution in [-0.2, 0) is 17.8 Å². The molecule has 5 nitrogen and oxygen atoms in total. The van der Waals surface area contributed by atoms with Gasteiger partial charge in [0.05, 0.1) is 41.8 Å². The van der Waals surface area contributed by atoms with E-state index in [1.165, 1.54) is 0 Å². The van der Waals surface area contributed by atoms with Crippen LogP contribution in [0.25, 0.3) is 21.9 Å². The number of aromatic nitrogens is 4. The van der Waals surface area contributed by atoms with E-state index in [1.807, 2.05) is 30.3 Å². The van der Waals surface area contributed by atoms with Crippen LogP contribution < -0.4 is 0 Å². The van der Waals surface area contributed by atoms with Gasteiger partial charge in [0.25, 0.3) is 0 Å². The Hall–Kier alpha value is -2.79. The minimum atomic E-state index is 0.586. The first-order valence-electron chi connectivity index (χ1n) is 7.59. The van der Waals surface area contributed by atoms with Crippen molar-refractivity contribution < 1.29 is 4.74 Å². The number of nitrogens with one attached hydrogen (secondary N) is 1. The molecule has 0 aliphatic rings. The van der Waals surface area contributed by atoms with Gasteiger partial charge in [0.15, 0.2) is 0 Å². The Morgan fingerprint density at radius 2 is 1.91 bits per heavy atom. The minimum Gasteiger partial charge on any atom is -0.376 e. The number of pyridine rings is 2. The maximum atomic E-state index is 5.76. The van der Waals surface area contributed by atoms with Crippen molar-refractivity contribution in [3.63, 3.8) is 0 Å². The molecule has 0 radical (unpaired) electrons. The highest BCUT2D eigenvalue weighted by Gasteiger charge is 2.10. The first-order valence-corrected chi connectivity index (χ1v) is 7.59. The molecule has 0 aliphatic carbocycles. The van der Waals surface area contributed by atoms with Crippen molar-refractivity contribution in [2.45, 2.75) is 13.0 Å². The molecule has 0 fully saturated rings. The topological polar surface area (TPSA) is 63.7 Å². The lowest BCUT2D eigenvalue weighted by Crippen LogP contribution is -2.02. The van der Waals surface area contributed by atoms with Crippen LogP contribution in [0.2, 0.25) is 0 Å². The summed E-state index contributed by atoms with van der Waals surface area (Å²) in [6, 6.07) is 12.0. The molecule has 1 N–H and O–H groups in total. The summed E-state index contributed by atoms with van der Waals surface area (Å²) in [6.07, 6.45) is 6.02. The molecule has 3 heterocycles. The van der Waals surface area contributed by atoms with Gasteiger partial charge in [-0.2, -0.15) is 0 Å². The second-order valence-electron chi connectivity index (χ2n) is 5.36. The summed E-state index contributed by atoms with van der Waals surface area (Å²) in [5.74, 6) is 0. The zero-order chi connectivity index (χ0) is 15.5. The second kappa shape index (κ2) is 6.14. The number of fused-ring (bicyclic) bond motifs is 3. The van der Waals surface area contributed by atoms with Crippen molar-refractivity contribution in [3.05, 3.63) is 66.4 Å². The van der Waals surface area contributed by atoms with E-state index < -0.39 is 0 Å². The molecule has 0 bridgehead atoms. The Morgan fingerprint density at radius 3 is 2.83 bits per heavy atom. The van der Waals surface area contributed by atoms with Gasteiger partial charge in [-0.1, -0.05) is 18.2 Å². The highest BCUT2D eigenvalue weighted by atomic mass is 16.5. The standard InChI is InChI=1S/C18H16N4O/c1-2-4-15-14(3-1)17-18(21-12-20-17)16(22-15)7-10-23-11-13-5-8-19-9-6-13/h1-6,8-9,12H,7,10-11H2,(H,20,21). The zero-order valence-corrected chi connectivity index (χ0v) is 12.6. The predicted molar refractivity (Wildman–Crippen MR) is 89.0 cm³/mol. The van der Waals surface area contributed by atoms with Gasteiger partial charge >= 0.3 is 0 Å². The van der Waals surface area contributed by atoms with E-state index in [4.69, 9.17) is 9.72 Å². The van der Waals surface area contributed by atoms with Crippen molar-refractivity contribution in [2.75, 3.05) is 6.61 Å². The Balaban J connectivity index is 1.53. The summed E-state index contributed by atoms with van der Waals surface area (Å²) >= 11 is 0. The number of imidazole rings is 1. The molecule has 0 unspecified atom stereocenters. The number of rotatable bonds is 5. The van der Waals surface area contributed by atoms with Gasteiger partial charge < -0.3 is 9.72 Å². The SMILES string of the molecule is c1ccc2c(c1)nc(CCOCc1ccncc1)c1[nH]cnc12. The van der Waals surface area contributed by atoms with Crippen LogP contribution in [-0.4, -0.2) is 26.5 Å². The first-order chi connectivity index (χ1) is 11.4. The van der Waals surface area contributed by atoms with E-state index in [0.29, 0.717) is 13.2 Å². The van der Waals surface area contributed by atoms with Gasteiger partial charge in [-0.25, -0.2) is 4.98 Å². The van der Waals surface area contributed by atoms with Crippen LogP contribution in [0.5, 0.6) is 0 Å². The zero-order valence-electron chi connectivity index (χ0n) is 12.6. The highest BCUT2D eigenvalue weighted by Crippen LogP contribution is 2.23. The summed E-state index contributed by atoms with van der Waals surface area (Å²) in [7, 11) is 0. The van der Waals surface area contributed by atoms with Crippen LogP contribution in [0.3, 0.4) is 0 Å². The van der Waals surface area contributed by atoms with Gasteiger partial charge in [0.2, 0.25) is 0 Å². The second-order valence-corrected chi connectivity index (χ2v) is 5.36. The van der Waals surface area contributed by atoms with E-state index in [1.54, 1.807) is 18.7 Å². The minimum absolute atomic E-state index is 0.586. The molecular formula is C18H16N4O. The summed E-state index contributed by atoms with van der Waals surface area (Å²) in [4.78, 5) is 16.4.